The van der Waals surface area contributed by atoms with Gasteiger partial charge >= 0.3 is 0 Å². The first-order chi connectivity index (χ1) is 29.0. The second-order valence-electron chi connectivity index (χ2n) is 17.3. The van der Waals surface area contributed by atoms with E-state index in [0.29, 0.717) is 19.4 Å². The van der Waals surface area contributed by atoms with Gasteiger partial charge in [-0.15, -0.1) is 0 Å². The lowest BCUT2D eigenvalue weighted by atomic mass is 9.93. The molecule has 9 atom stereocenters. The monoisotopic (exact) mass is 863 g/mol. The van der Waals surface area contributed by atoms with E-state index in [0.717, 1.165) is 38.5 Å². The van der Waals surface area contributed by atoms with Crippen molar-refractivity contribution in [3.8, 4) is 0 Å². The fraction of sp³-hybridized carbons (Fsp3) is 0.957. The number of rotatable bonds is 40. The van der Waals surface area contributed by atoms with Crippen LogP contribution in [0.4, 0.5) is 0 Å². The Balaban J connectivity index is 2.50. The second-order valence-corrected chi connectivity index (χ2v) is 17.3. The first kappa shape index (κ1) is 56.6. The van der Waals surface area contributed by atoms with Crippen LogP contribution in [-0.4, -0.2) is 134 Å². The maximum atomic E-state index is 13.3. The molecule has 356 valence electrons. The largest absolute Gasteiger partial charge is 0.394 e. The summed E-state index contributed by atoms with van der Waals surface area (Å²) in [5.74, 6) is -0.916. The van der Waals surface area contributed by atoms with Gasteiger partial charge in [0.25, 0.3) is 5.91 Å². The third-order valence-corrected chi connectivity index (χ3v) is 12.0. The third-order valence-electron chi connectivity index (χ3n) is 12.0. The van der Waals surface area contributed by atoms with Gasteiger partial charge in [0, 0.05) is 19.0 Å². The van der Waals surface area contributed by atoms with E-state index in [1.807, 2.05) is 0 Å². The van der Waals surface area contributed by atoms with Gasteiger partial charge in [0.05, 0.1) is 13.2 Å². The van der Waals surface area contributed by atoms with Crippen LogP contribution in [0.2, 0.25) is 0 Å². The lowest BCUT2D eigenvalue weighted by Gasteiger charge is -2.42. The summed E-state index contributed by atoms with van der Waals surface area (Å²) < 4.78 is 10.6. The molecule has 0 aliphatic carbocycles. The molecule has 1 rings (SSSR count). The first-order valence-electron chi connectivity index (χ1n) is 24.2. The van der Waals surface area contributed by atoms with Gasteiger partial charge in [-0.05, 0) is 25.7 Å². The number of hydrogen-bond donors (Lipinski definition) is 10. The predicted molar refractivity (Wildman–Crippen MR) is 234 cm³/mol. The van der Waals surface area contributed by atoms with Gasteiger partial charge in [-0.2, -0.15) is 0 Å². The van der Waals surface area contributed by atoms with Crippen LogP contribution in [0.1, 0.15) is 194 Å². The Kier molecular flexibility index (Phi) is 34.8. The highest BCUT2D eigenvalue weighted by atomic mass is 16.7. The van der Waals surface area contributed by atoms with Crippen molar-refractivity contribution in [2.75, 3.05) is 26.3 Å². The number of aliphatic hydroxyl groups is 8. The van der Waals surface area contributed by atoms with Crippen molar-refractivity contribution in [2.24, 2.45) is 5.92 Å². The molecule has 0 bridgehead atoms. The van der Waals surface area contributed by atoms with Crippen molar-refractivity contribution >= 4 is 11.8 Å². The standard InChI is InChI=1S/C46H90N2O12/c1-3-5-7-9-11-13-15-17-19-21-23-25-29-35(30-26-24-22-20-18-16-14-12-10-8-6-4-2)44(57)47-31-27-28-32-48-45(58)41(55)40(54)43(36(51)33-49)60-46-42(56)39(53)38(52)37(34-50)59-46/h35-43,46,49-56H,3-34H2,1-2H3,(H,47,57)(H,48,58)/t36-,37-,38+,39+,40-,41-,42-,43-,46+/m1/s1. The summed E-state index contributed by atoms with van der Waals surface area (Å²) in [6.45, 7) is 3.35. The number of hydrogen-bond acceptors (Lipinski definition) is 12. The number of carbonyl (C=O) groups is 2. The molecule has 0 aromatic rings. The van der Waals surface area contributed by atoms with Gasteiger partial charge in [-0.25, -0.2) is 0 Å². The molecule has 0 saturated carbocycles. The SMILES string of the molecule is CCCCCCCCCCCCCCC(CCCCCCCCCCCCCC)C(=O)NCCCCNC(=O)[C@H](O)[C@@H](O)[C@H](O[C@@H]1O[C@H](CO)[C@H](O)[C@H](O)[C@H]1O)[C@H](O)CO. The van der Waals surface area contributed by atoms with Crippen LogP contribution in [-0.2, 0) is 19.1 Å². The van der Waals surface area contributed by atoms with Crippen LogP contribution < -0.4 is 10.6 Å². The minimum Gasteiger partial charge on any atom is -0.394 e. The molecule has 0 aromatic heterocycles. The molecule has 0 unspecified atom stereocenters. The van der Waals surface area contributed by atoms with Gasteiger partial charge in [0.2, 0.25) is 5.91 Å². The maximum absolute atomic E-state index is 13.3. The fourth-order valence-corrected chi connectivity index (χ4v) is 7.96. The van der Waals surface area contributed by atoms with E-state index in [1.165, 1.54) is 128 Å². The van der Waals surface area contributed by atoms with Crippen molar-refractivity contribution in [3.63, 3.8) is 0 Å². The molecule has 2 amide bonds. The minimum atomic E-state index is -2.12. The van der Waals surface area contributed by atoms with E-state index in [4.69, 9.17) is 9.47 Å². The topological polar surface area (TPSA) is 238 Å². The van der Waals surface area contributed by atoms with E-state index in [-0.39, 0.29) is 18.4 Å². The lowest BCUT2D eigenvalue weighted by molar-refractivity contribution is -0.326. The Bertz CT molecular complexity index is 998. The van der Waals surface area contributed by atoms with Crippen molar-refractivity contribution in [1.82, 2.24) is 10.6 Å². The molecule has 1 saturated heterocycles. The molecule has 14 nitrogen and oxygen atoms in total. The summed E-state index contributed by atoms with van der Waals surface area (Å²) in [6.07, 6.45) is 17.1. The van der Waals surface area contributed by atoms with Gasteiger partial charge in [-0.3, -0.25) is 9.59 Å². The summed E-state index contributed by atoms with van der Waals surface area (Å²) >= 11 is 0. The van der Waals surface area contributed by atoms with Crippen LogP contribution in [0.3, 0.4) is 0 Å². The molecule has 0 spiro atoms. The molecule has 1 aliphatic heterocycles. The van der Waals surface area contributed by atoms with Crippen LogP contribution in [0.25, 0.3) is 0 Å². The molecule has 1 heterocycles. The average molecular weight is 863 g/mol. The zero-order chi connectivity index (χ0) is 44.4. The molecule has 1 fully saturated rings. The van der Waals surface area contributed by atoms with Crippen LogP contribution in [0, 0.1) is 5.92 Å². The molecule has 0 aromatic carbocycles. The minimum absolute atomic E-state index is 0.0139. The highest BCUT2D eigenvalue weighted by molar-refractivity contribution is 5.81. The van der Waals surface area contributed by atoms with Crippen molar-refractivity contribution < 1.29 is 59.9 Å². The summed E-state index contributed by atoms with van der Waals surface area (Å²) in [4.78, 5) is 26.1. The number of ether oxygens (including phenoxy) is 2. The first-order valence-corrected chi connectivity index (χ1v) is 24.2. The molecule has 10 N–H and O–H groups in total. The molecular weight excluding hydrogens is 773 g/mol. The molecule has 0 radical (unpaired) electrons. The summed E-state index contributed by atoms with van der Waals surface area (Å²) in [7, 11) is 0. The van der Waals surface area contributed by atoms with Gasteiger partial charge in [0.15, 0.2) is 12.4 Å². The Hall–Kier alpha value is -1.46. The smallest absolute Gasteiger partial charge is 0.251 e. The van der Waals surface area contributed by atoms with Crippen LogP contribution >= 0.6 is 0 Å². The molecule has 60 heavy (non-hydrogen) atoms. The lowest BCUT2D eigenvalue weighted by Crippen LogP contribution is -2.62. The Morgan fingerprint density at radius 2 is 0.950 bits per heavy atom. The normalized spacial score (nSPS) is 21.5. The summed E-state index contributed by atoms with van der Waals surface area (Å²) in [5, 5.41) is 86.5. The highest BCUT2D eigenvalue weighted by Crippen LogP contribution is 2.25. The van der Waals surface area contributed by atoms with Crippen molar-refractivity contribution in [2.45, 2.75) is 249 Å². The van der Waals surface area contributed by atoms with Gasteiger partial charge < -0.3 is 61.0 Å². The van der Waals surface area contributed by atoms with E-state index in [1.54, 1.807) is 0 Å². The zero-order valence-corrected chi connectivity index (χ0v) is 37.6. The Morgan fingerprint density at radius 3 is 1.35 bits per heavy atom. The molecule has 1 aliphatic rings. The van der Waals surface area contributed by atoms with Gasteiger partial charge in [-0.1, -0.05) is 168 Å². The predicted octanol–water partition coefficient (Wildman–Crippen LogP) is 5.06. The average Bonchev–Trinajstić information content (AvgIpc) is 3.25. The summed E-state index contributed by atoms with van der Waals surface area (Å²) in [5.41, 5.74) is 0. The highest BCUT2D eigenvalue weighted by Gasteiger charge is 2.47. The van der Waals surface area contributed by atoms with E-state index < -0.39 is 74.2 Å². The van der Waals surface area contributed by atoms with Crippen molar-refractivity contribution in [1.29, 1.82) is 0 Å². The molecule has 14 heteroatoms. The van der Waals surface area contributed by atoms with Crippen molar-refractivity contribution in [3.05, 3.63) is 0 Å². The quantitative estimate of drug-likeness (QED) is 0.0364. The zero-order valence-electron chi connectivity index (χ0n) is 37.6. The van der Waals surface area contributed by atoms with E-state index in [9.17, 15) is 50.4 Å². The van der Waals surface area contributed by atoms with Gasteiger partial charge in [0.1, 0.15) is 42.7 Å². The van der Waals surface area contributed by atoms with Crippen LogP contribution in [0.5, 0.6) is 0 Å². The number of nitrogens with one attached hydrogen (secondary N) is 2. The van der Waals surface area contributed by atoms with E-state index in [2.05, 4.69) is 24.5 Å². The Morgan fingerprint density at radius 1 is 0.550 bits per heavy atom. The summed E-state index contributed by atoms with van der Waals surface area (Å²) in [6, 6.07) is 0. The third kappa shape index (κ3) is 25.0. The number of unbranched alkanes of at least 4 members (excludes halogenated alkanes) is 23. The van der Waals surface area contributed by atoms with E-state index >= 15 is 0 Å². The Labute approximate surface area is 362 Å². The second kappa shape index (κ2) is 37.0. The fourth-order valence-electron chi connectivity index (χ4n) is 7.96. The number of amides is 2. The van der Waals surface area contributed by atoms with Crippen LogP contribution in [0.15, 0.2) is 0 Å². The molecular formula is C46H90N2O12. The number of carbonyl (C=O) groups excluding carboxylic acids is 2. The number of aliphatic hydroxyl groups excluding tert-OH is 8. The maximum Gasteiger partial charge on any atom is 0.251 e.